The standard InChI is InChI=1S/C10H23N3/c1-5-8-12-10(11)13(4)9(6-2)7-3/h9H,5-8H2,1-4H3,(H2,11,12). The largest absolute Gasteiger partial charge is 0.370 e. The van der Waals surface area contributed by atoms with E-state index in [1.54, 1.807) is 0 Å². The van der Waals surface area contributed by atoms with Gasteiger partial charge in [-0.3, -0.25) is 4.99 Å². The van der Waals surface area contributed by atoms with Gasteiger partial charge in [0.05, 0.1) is 0 Å². The SMILES string of the molecule is CCCN=C(N)N(C)C(CC)CC. The second kappa shape index (κ2) is 6.75. The molecular formula is C10H23N3. The second-order valence-electron chi connectivity index (χ2n) is 3.32. The van der Waals surface area contributed by atoms with E-state index < -0.39 is 0 Å². The maximum Gasteiger partial charge on any atom is 0.191 e. The normalized spacial score (nSPS) is 12.2. The molecule has 0 bridgehead atoms. The molecule has 13 heavy (non-hydrogen) atoms. The third-order valence-electron chi connectivity index (χ3n) is 2.35. The molecule has 0 saturated carbocycles. The van der Waals surface area contributed by atoms with Crippen molar-refractivity contribution in [3.05, 3.63) is 0 Å². The lowest BCUT2D eigenvalue weighted by molar-refractivity contribution is 0.341. The molecule has 0 aromatic rings. The summed E-state index contributed by atoms with van der Waals surface area (Å²) in [4.78, 5) is 6.36. The van der Waals surface area contributed by atoms with Crippen LogP contribution in [-0.4, -0.2) is 30.5 Å². The van der Waals surface area contributed by atoms with E-state index in [0.717, 1.165) is 25.8 Å². The van der Waals surface area contributed by atoms with Crippen LogP contribution < -0.4 is 5.73 Å². The van der Waals surface area contributed by atoms with Gasteiger partial charge < -0.3 is 10.6 Å². The molecule has 0 radical (unpaired) electrons. The predicted octanol–water partition coefficient (Wildman–Crippen LogP) is 1.83. The quantitative estimate of drug-likeness (QED) is 0.524. The average molecular weight is 185 g/mol. The number of nitrogens with zero attached hydrogens (tertiary/aromatic N) is 2. The molecule has 0 atom stereocenters. The summed E-state index contributed by atoms with van der Waals surface area (Å²) in [6.07, 6.45) is 3.29. The van der Waals surface area contributed by atoms with Gasteiger partial charge in [0.1, 0.15) is 0 Å². The summed E-state index contributed by atoms with van der Waals surface area (Å²) < 4.78 is 0. The minimum Gasteiger partial charge on any atom is -0.370 e. The van der Waals surface area contributed by atoms with Crippen molar-refractivity contribution in [1.29, 1.82) is 0 Å². The fraction of sp³-hybridized carbons (Fsp3) is 0.900. The van der Waals surface area contributed by atoms with E-state index in [2.05, 4.69) is 30.7 Å². The van der Waals surface area contributed by atoms with E-state index in [-0.39, 0.29) is 0 Å². The van der Waals surface area contributed by atoms with Crippen LogP contribution in [0.3, 0.4) is 0 Å². The maximum absolute atomic E-state index is 5.83. The minimum absolute atomic E-state index is 0.528. The van der Waals surface area contributed by atoms with Crippen LogP contribution in [0.1, 0.15) is 40.0 Å². The van der Waals surface area contributed by atoms with Crippen LogP contribution in [0, 0.1) is 0 Å². The van der Waals surface area contributed by atoms with Crippen LogP contribution in [0.4, 0.5) is 0 Å². The molecule has 0 spiro atoms. The molecular weight excluding hydrogens is 162 g/mol. The van der Waals surface area contributed by atoms with Crippen molar-refractivity contribution in [2.75, 3.05) is 13.6 Å². The summed E-state index contributed by atoms with van der Waals surface area (Å²) in [5.74, 6) is 0.676. The molecule has 2 N–H and O–H groups in total. The zero-order valence-corrected chi connectivity index (χ0v) is 9.38. The molecule has 0 aliphatic carbocycles. The van der Waals surface area contributed by atoms with Crippen molar-refractivity contribution in [1.82, 2.24) is 4.90 Å². The van der Waals surface area contributed by atoms with Gasteiger partial charge in [-0.05, 0) is 19.3 Å². The van der Waals surface area contributed by atoms with Gasteiger partial charge in [-0.25, -0.2) is 0 Å². The number of aliphatic imine (C=N–C) groups is 1. The third kappa shape index (κ3) is 4.15. The molecule has 0 aliphatic rings. The second-order valence-corrected chi connectivity index (χ2v) is 3.32. The number of guanidine groups is 1. The van der Waals surface area contributed by atoms with Gasteiger partial charge >= 0.3 is 0 Å². The monoisotopic (exact) mass is 185 g/mol. The molecule has 0 rings (SSSR count). The lowest BCUT2D eigenvalue weighted by atomic mass is 10.1. The highest BCUT2D eigenvalue weighted by molar-refractivity contribution is 5.78. The first-order chi connectivity index (χ1) is 6.17. The van der Waals surface area contributed by atoms with Crippen LogP contribution >= 0.6 is 0 Å². The first-order valence-electron chi connectivity index (χ1n) is 5.20. The highest BCUT2D eigenvalue weighted by Gasteiger charge is 2.11. The van der Waals surface area contributed by atoms with E-state index in [4.69, 9.17) is 5.73 Å². The van der Waals surface area contributed by atoms with Gasteiger partial charge in [-0.15, -0.1) is 0 Å². The Morgan fingerprint density at radius 1 is 1.31 bits per heavy atom. The molecule has 0 fully saturated rings. The van der Waals surface area contributed by atoms with Crippen molar-refractivity contribution in [3.63, 3.8) is 0 Å². The lowest BCUT2D eigenvalue weighted by Gasteiger charge is -2.27. The maximum atomic E-state index is 5.83. The first-order valence-corrected chi connectivity index (χ1v) is 5.20. The van der Waals surface area contributed by atoms with Gasteiger partial charge in [0, 0.05) is 19.6 Å². The smallest absolute Gasteiger partial charge is 0.191 e. The number of rotatable bonds is 5. The molecule has 0 aliphatic heterocycles. The van der Waals surface area contributed by atoms with Gasteiger partial charge in [-0.1, -0.05) is 20.8 Å². The van der Waals surface area contributed by atoms with Crippen molar-refractivity contribution in [3.8, 4) is 0 Å². The van der Waals surface area contributed by atoms with Crippen LogP contribution in [0.25, 0.3) is 0 Å². The molecule has 78 valence electrons. The van der Waals surface area contributed by atoms with Gasteiger partial charge in [0.25, 0.3) is 0 Å². The molecule has 0 saturated heterocycles. The summed E-state index contributed by atoms with van der Waals surface area (Å²) >= 11 is 0. The zero-order valence-electron chi connectivity index (χ0n) is 9.38. The zero-order chi connectivity index (χ0) is 10.3. The lowest BCUT2D eigenvalue weighted by Crippen LogP contribution is -2.41. The Labute approximate surface area is 82.0 Å². The van der Waals surface area contributed by atoms with E-state index in [9.17, 15) is 0 Å². The highest BCUT2D eigenvalue weighted by Crippen LogP contribution is 2.05. The van der Waals surface area contributed by atoms with Crippen molar-refractivity contribution < 1.29 is 0 Å². The number of nitrogens with two attached hydrogens (primary N) is 1. The average Bonchev–Trinajstić information content (AvgIpc) is 2.15. The van der Waals surface area contributed by atoms with Gasteiger partial charge in [0.2, 0.25) is 0 Å². The molecule has 3 heteroatoms. The summed E-state index contributed by atoms with van der Waals surface area (Å²) in [7, 11) is 2.02. The molecule has 0 aromatic heterocycles. The fourth-order valence-electron chi connectivity index (χ4n) is 1.36. The topological polar surface area (TPSA) is 41.6 Å². The molecule has 0 aromatic carbocycles. The van der Waals surface area contributed by atoms with Crippen molar-refractivity contribution in [2.24, 2.45) is 10.7 Å². The number of hydrogen-bond donors (Lipinski definition) is 1. The summed E-state index contributed by atoms with van der Waals surface area (Å²) in [6.45, 7) is 7.29. The van der Waals surface area contributed by atoms with Gasteiger partial charge in [-0.2, -0.15) is 0 Å². The third-order valence-corrected chi connectivity index (χ3v) is 2.35. The van der Waals surface area contributed by atoms with Crippen LogP contribution in [0.15, 0.2) is 4.99 Å². The summed E-state index contributed by atoms with van der Waals surface area (Å²) in [5, 5.41) is 0. The van der Waals surface area contributed by atoms with Crippen molar-refractivity contribution >= 4 is 5.96 Å². The van der Waals surface area contributed by atoms with Crippen LogP contribution in [-0.2, 0) is 0 Å². The van der Waals surface area contributed by atoms with E-state index >= 15 is 0 Å². The summed E-state index contributed by atoms with van der Waals surface area (Å²) in [6, 6.07) is 0.528. The Bertz CT molecular complexity index is 150. The number of hydrogen-bond acceptors (Lipinski definition) is 1. The predicted molar refractivity (Wildman–Crippen MR) is 58.9 cm³/mol. The minimum atomic E-state index is 0.528. The highest BCUT2D eigenvalue weighted by atomic mass is 15.2. The first kappa shape index (κ1) is 12.3. The molecule has 0 amide bonds. The summed E-state index contributed by atoms with van der Waals surface area (Å²) in [5.41, 5.74) is 5.83. The van der Waals surface area contributed by atoms with Crippen LogP contribution in [0.2, 0.25) is 0 Å². The Kier molecular flexibility index (Phi) is 6.37. The van der Waals surface area contributed by atoms with Crippen molar-refractivity contribution in [2.45, 2.75) is 46.1 Å². The Morgan fingerprint density at radius 2 is 1.85 bits per heavy atom. The fourth-order valence-corrected chi connectivity index (χ4v) is 1.36. The Hall–Kier alpha value is -0.730. The van der Waals surface area contributed by atoms with E-state index in [1.807, 2.05) is 7.05 Å². The van der Waals surface area contributed by atoms with Gasteiger partial charge in [0.15, 0.2) is 5.96 Å². The Balaban J connectivity index is 4.13. The van der Waals surface area contributed by atoms with E-state index in [1.165, 1.54) is 0 Å². The van der Waals surface area contributed by atoms with E-state index in [0.29, 0.717) is 12.0 Å². The molecule has 3 nitrogen and oxygen atoms in total. The van der Waals surface area contributed by atoms with Crippen LogP contribution in [0.5, 0.6) is 0 Å². The molecule has 0 heterocycles. The Morgan fingerprint density at radius 3 is 2.23 bits per heavy atom. The molecule has 0 unspecified atom stereocenters.